The fourth-order valence-corrected chi connectivity index (χ4v) is 2.28. The van der Waals surface area contributed by atoms with Crippen molar-refractivity contribution in [2.45, 2.75) is 27.2 Å². The summed E-state index contributed by atoms with van der Waals surface area (Å²) in [6.45, 7) is 5.18. The third-order valence-corrected chi connectivity index (χ3v) is 3.30. The zero-order valence-electron chi connectivity index (χ0n) is 12.8. The van der Waals surface area contributed by atoms with Crippen molar-refractivity contribution in [1.82, 2.24) is 4.98 Å². The molecular formula is C17H18N2O3. The monoisotopic (exact) mass is 298 g/mol. The number of aryl methyl sites for hydroxylation is 1. The van der Waals surface area contributed by atoms with Crippen molar-refractivity contribution in [3.05, 3.63) is 59.0 Å². The minimum atomic E-state index is -0.478. The number of carbonyl (C=O) groups excluding carboxylic acids is 2. The largest absolute Gasteiger partial charge is 0.437 e. The zero-order chi connectivity index (χ0) is 16.3. The molecule has 0 saturated heterocycles. The molecule has 5 heteroatoms. The van der Waals surface area contributed by atoms with Gasteiger partial charge in [-0.05, 0) is 38.0 Å². The van der Waals surface area contributed by atoms with Gasteiger partial charge in [-0.3, -0.25) is 14.6 Å². The number of aromatic nitrogens is 1. The minimum absolute atomic E-state index is 0.0608. The van der Waals surface area contributed by atoms with E-state index in [-0.39, 0.29) is 17.2 Å². The first-order valence-electron chi connectivity index (χ1n) is 7.02. The van der Waals surface area contributed by atoms with E-state index in [2.05, 4.69) is 4.98 Å². The number of hydrogen-bond donors (Lipinski definition) is 1. The Bertz CT molecular complexity index is 727. The molecule has 0 spiro atoms. The fraction of sp³-hybridized carbons (Fsp3) is 0.235. The molecule has 0 aliphatic carbocycles. The van der Waals surface area contributed by atoms with Crippen LogP contribution in [0.15, 0.2) is 47.7 Å². The highest BCUT2D eigenvalue weighted by Crippen LogP contribution is 2.27. The van der Waals surface area contributed by atoms with Crippen LogP contribution in [0.4, 0.5) is 0 Å². The van der Waals surface area contributed by atoms with Crippen molar-refractivity contribution >= 4 is 17.1 Å². The quantitative estimate of drug-likeness (QED) is 0.682. The topological polar surface area (TPSA) is 82.3 Å². The number of allylic oxidation sites excluding steroid dienone is 4. The molecule has 114 valence electrons. The summed E-state index contributed by atoms with van der Waals surface area (Å²) in [4.78, 5) is 27.9. The van der Waals surface area contributed by atoms with E-state index < -0.39 is 11.6 Å². The van der Waals surface area contributed by atoms with Crippen LogP contribution in [0.1, 0.15) is 31.5 Å². The van der Waals surface area contributed by atoms with Crippen molar-refractivity contribution in [1.29, 1.82) is 0 Å². The van der Waals surface area contributed by atoms with Gasteiger partial charge in [-0.1, -0.05) is 19.1 Å². The molecule has 0 atom stereocenters. The summed E-state index contributed by atoms with van der Waals surface area (Å²) >= 11 is 0. The van der Waals surface area contributed by atoms with E-state index in [9.17, 15) is 9.59 Å². The molecule has 1 aromatic heterocycles. The van der Waals surface area contributed by atoms with Gasteiger partial charge in [0, 0.05) is 17.5 Å². The predicted octanol–water partition coefficient (Wildman–Crippen LogP) is 2.43. The second kappa shape index (κ2) is 6.39. The second-order valence-electron chi connectivity index (χ2n) is 4.94. The number of ether oxygens (including phenoxy) is 1. The molecule has 0 fully saturated rings. The van der Waals surface area contributed by atoms with Gasteiger partial charge in [-0.2, -0.15) is 0 Å². The van der Waals surface area contributed by atoms with E-state index in [4.69, 9.17) is 10.5 Å². The highest BCUT2D eigenvalue weighted by molar-refractivity contribution is 6.27. The molecule has 0 amide bonds. The Morgan fingerprint density at radius 3 is 2.73 bits per heavy atom. The maximum Gasteiger partial charge on any atom is 0.237 e. The van der Waals surface area contributed by atoms with Crippen molar-refractivity contribution in [2.75, 3.05) is 0 Å². The van der Waals surface area contributed by atoms with Gasteiger partial charge in [-0.15, -0.1) is 0 Å². The molecule has 1 aliphatic rings. The number of nitrogens with zero attached hydrogens (tertiary/aromatic N) is 1. The fourth-order valence-electron chi connectivity index (χ4n) is 2.28. The third kappa shape index (κ3) is 2.98. The first-order chi connectivity index (χ1) is 10.5. The maximum atomic E-state index is 12.2. The second-order valence-corrected chi connectivity index (χ2v) is 4.94. The molecule has 1 aromatic rings. The van der Waals surface area contributed by atoms with Crippen LogP contribution in [-0.2, 0) is 14.3 Å². The number of ketones is 2. The molecule has 5 nitrogen and oxygen atoms in total. The summed E-state index contributed by atoms with van der Waals surface area (Å²) in [7, 11) is 0. The molecule has 0 bridgehead atoms. The van der Waals surface area contributed by atoms with Crippen LogP contribution < -0.4 is 5.73 Å². The standard InChI is InChI=1S/C17H18N2O3/c1-4-6-12(13-7-5-8-19-10(13)2)9-14-16(21)15(11(3)20)17(18)22-14/h5-9H,4,18H2,1-3H3/b12-6-,14-9-. The maximum absolute atomic E-state index is 12.2. The molecule has 0 radical (unpaired) electrons. The van der Waals surface area contributed by atoms with Crippen LogP contribution in [0.25, 0.3) is 5.57 Å². The molecule has 1 aliphatic heterocycles. The first kappa shape index (κ1) is 15.7. The number of hydrogen-bond acceptors (Lipinski definition) is 5. The van der Waals surface area contributed by atoms with Gasteiger partial charge < -0.3 is 10.5 Å². The molecule has 2 heterocycles. The summed E-state index contributed by atoms with van der Waals surface area (Å²) < 4.78 is 5.27. The van der Waals surface area contributed by atoms with Crippen LogP contribution in [0.2, 0.25) is 0 Å². The van der Waals surface area contributed by atoms with Crippen LogP contribution in [0.3, 0.4) is 0 Å². The number of carbonyl (C=O) groups is 2. The lowest BCUT2D eigenvalue weighted by Gasteiger charge is -2.07. The average molecular weight is 298 g/mol. The Labute approximate surface area is 129 Å². The van der Waals surface area contributed by atoms with E-state index in [1.54, 1.807) is 12.3 Å². The van der Waals surface area contributed by atoms with Crippen molar-refractivity contribution < 1.29 is 14.3 Å². The van der Waals surface area contributed by atoms with Gasteiger partial charge in [0.25, 0.3) is 0 Å². The minimum Gasteiger partial charge on any atom is -0.437 e. The first-order valence-corrected chi connectivity index (χ1v) is 7.02. The molecule has 0 unspecified atom stereocenters. The SMILES string of the molecule is CC/C=C(/C=C1\OC(N)=C(C(C)=O)C1=O)c1cccnc1C. The van der Waals surface area contributed by atoms with Gasteiger partial charge in [-0.25, -0.2) is 0 Å². The van der Waals surface area contributed by atoms with Crippen LogP contribution in [-0.4, -0.2) is 16.6 Å². The number of pyridine rings is 1. The Hall–Kier alpha value is -2.69. The summed E-state index contributed by atoms with van der Waals surface area (Å²) in [5.41, 5.74) is 8.09. The Morgan fingerprint density at radius 2 is 2.18 bits per heavy atom. The molecule has 2 N–H and O–H groups in total. The van der Waals surface area contributed by atoms with Gasteiger partial charge >= 0.3 is 0 Å². The van der Waals surface area contributed by atoms with Gasteiger partial charge in [0.2, 0.25) is 11.7 Å². The summed E-state index contributed by atoms with van der Waals surface area (Å²) in [5, 5.41) is 0. The Morgan fingerprint density at radius 1 is 1.45 bits per heavy atom. The van der Waals surface area contributed by atoms with Crippen LogP contribution in [0.5, 0.6) is 0 Å². The molecule has 22 heavy (non-hydrogen) atoms. The number of rotatable bonds is 4. The third-order valence-electron chi connectivity index (χ3n) is 3.30. The highest BCUT2D eigenvalue weighted by Gasteiger charge is 2.32. The highest BCUT2D eigenvalue weighted by atomic mass is 16.5. The van der Waals surface area contributed by atoms with E-state index in [0.717, 1.165) is 23.3 Å². The van der Waals surface area contributed by atoms with Crippen molar-refractivity contribution in [2.24, 2.45) is 5.73 Å². The Balaban J connectivity index is 2.43. The lowest BCUT2D eigenvalue weighted by atomic mass is 10.0. The number of Topliss-reactive ketones (excluding diaryl/α,β-unsaturated/α-hetero) is 2. The molecular weight excluding hydrogens is 280 g/mol. The van der Waals surface area contributed by atoms with E-state index in [1.165, 1.54) is 6.92 Å². The summed E-state index contributed by atoms with van der Waals surface area (Å²) in [6.07, 6.45) is 6.07. The van der Waals surface area contributed by atoms with E-state index >= 15 is 0 Å². The van der Waals surface area contributed by atoms with Crippen LogP contribution >= 0.6 is 0 Å². The van der Waals surface area contributed by atoms with Crippen molar-refractivity contribution in [3.63, 3.8) is 0 Å². The number of nitrogens with two attached hydrogens (primary N) is 1. The molecule has 0 saturated carbocycles. The molecule has 2 rings (SSSR count). The predicted molar refractivity (Wildman–Crippen MR) is 83.3 cm³/mol. The average Bonchev–Trinajstić information content (AvgIpc) is 2.73. The van der Waals surface area contributed by atoms with E-state index in [1.807, 2.05) is 32.1 Å². The normalized spacial score (nSPS) is 17.1. The van der Waals surface area contributed by atoms with E-state index in [0.29, 0.717) is 0 Å². The summed E-state index contributed by atoms with van der Waals surface area (Å²) in [5.74, 6) is -0.953. The van der Waals surface area contributed by atoms with Gasteiger partial charge in [0.1, 0.15) is 5.57 Å². The van der Waals surface area contributed by atoms with Gasteiger partial charge in [0.15, 0.2) is 11.5 Å². The van der Waals surface area contributed by atoms with Crippen molar-refractivity contribution in [3.8, 4) is 0 Å². The zero-order valence-corrected chi connectivity index (χ0v) is 12.8. The summed E-state index contributed by atoms with van der Waals surface area (Å²) in [6, 6.07) is 3.75. The smallest absolute Gasteiger partial charge is 0.237 e. The van der Waals surface area contributed by atoms with Crippen LogP contribution in [0, 0.1) is 6.92 Å². The molecule has 0 aromatic carbocycles. The lowest BCUT2D eigenvalue weighted by Crippen LogP contribution is -2.09. The Kier molecular flexibility index (Phi) is 4.56. The lowest BCUT2D eigenvalue weighted by molar-refractivity contribution is -0.118. The van der Waals surface area contributed by atoms with Gasteiger partial charge in [0.05, 0.1) is 0 Å².